The molecule has 0 saturated heterocycles. The molecule has 3 rings (SSSR count). The summed E-state index contributed by atoms with van der Waals surface area (Å²) in [6.45, 7) is 9.39. The quantitative estimate of drug-likeness (QED) is 0.441. The number of allylic oxidation sites excluding steroid dienone is 4. The summed E-state index contributed by atoms with van der Waals surface area (Å²) in [6.07, 6.45) is 6.89. The standard InChI is InChI=1S/C23H25.3ClH.Ti/c1-18-12-11-17-21(18)23(22(2,3)4,19-13-7-5-8-14-19)20-15-9-6-10-16-20;;;;/h5-17H,1-4H3;3*1H;/q;;;;+3/p-3. The van der Waals surface area contributed by atoms with E-state index < -0.39 is 0 Å². The van der Waals surface area contributed by atoms with Crippen molar-refractivity contribution in [2.24, 2.45) is 5.41 Å². The van der Waals surface area contributed by atoms with Crippen LogP contribution in [-0.2, 0) is 25.9 Å². The van der Waals surface area contributed by atoms with Gasteiger partial charge < -0.3 is 37.2 Å². The topological polar surface area (TPSA) is 0 Å². The third-order valence-electron chi connectivity index (χ3n) is 5.44. The van der Waals surface area contributed by atoms with Crippen molar-refractivity contribution in [2.75, 3.05) is 0 Å². The Morgan fingerprint density at radius 2 is 1.15 bits per heavy atom. The van der Waals surface area contributed by atoms with Crippen molar-refractivity contribution in [3.63, 3.8) is 0 Å². The molecule has 0 saturated carbocycles. The van der Waals surface area contributed by atoms with Gasteiger partial charge >= 0.3 is 158 Å². The maximum atomic E-state index is 2.40. The maximum Gasteiger partial charge on any atom is -1.00 e. The van der Waals surface area contributed by atoms with Gasteiger partial charge in [0.2, 0.25) is 0 Å². The van der Waals surface area contributed by atoms with Gasteiger partial charge in [-0.05, 0) is 0 Å². The molecule has 0 aromatic heterocycles. The van der Waals surface area contributed by atoms with Crippen LogP contribution in [0.2, 0.25) is 3.72 Å². The largest absolute Gasteiger partial charge is 1.00 e. The Balaban J connectivity index is 0.00000225. The van der Waals surface area contributed by atoms with Crippen LogP contribution in [-0.4, -0.2) is 0 Å². The zero-order chi connectivity index (χ0) is 17.4. The smallest absolute Gasteiger partial charge is 1.00 e. The molecule has 1 aliphatic rings. The van der Waals surface area contributed by atoms with Gasteiger partial charge in [0, 0.05) is 0 Å². The third kappa shape index (κ3) is 4.12. The van der Waals surface area contributed by atoms with Gasteiger partial charge in [-0.25, -0.2) is 0 Å². The molecule has 1 aliphatic carbocycles. The van der Waals surface area contributed by atoms with Crippen LogP contribution in [0.4, 0.5) is 0 Å². The number of halogens is 3. The molecule has 1 unspecified atom stereocenters. The summed E-state index contributed by atoms with van der Waals surface area (Å²) < 4.78 is -0.0616. The second-order valence-electron chi connectivity index (χ2n) is 7.75. The molecule has 0 aliphatic heterocycles. The van der Waals surface area contributed by atoms with Crippen LogP contribution >= 0.6 is 0 Å². The van der Waals surface area contributed by atoms with Gasteiger partial charge in [0.05, 0.1) is 0 Å². The van der Waals surface area contributed by atoms with Crippen LogP contribution in [0.15, 0.2) is 84.5 Å². The molecule has 0 fully saturated rings. The minimum atomic E-state index is -0.143. The first-order chi connectivity index (χ1) is 11.3. The van der Waals surface area contributed by atoms with Gasteiger partial charge in [0.15, 0.2) is 0 Å². The molecule has 1 atom stereocenters. The first kappa shape index (κ1) is 26.5. The molecule has 0 radical (unpaired) electrons. The first-order valence-corrected chi connectivity index (χ1v) is 9.35. The number of hydrogen-bond acceptors (Lipinski definition) is 0. The summed E-state index contributed by atoms with van der Waals surface area (Å²) in [5, 5.41) is 0. The third-order valence-corrected chi connectivity index (χ3v) is 6.91. The van der Waals surface area contributed by atoms with Crippen LogP contribution in [0.3, 0.4) is 0 Å². The van der Waals surface area contributed by atoms with Crippen molar-refractivity contribution >= 4 is 0 Å². The van der Waals surface area contributed by atoms with Gasteiger partial charge in [-0.1, -0.05) is 0 Å². The Morgan fingerprint density at radius 1 is 0.741 bits per heavy atom. The Labute approximate surface area is 194 Å². The van der Waals surface area contributed by atoms with E-state index in [0.29, 0.717) is 0 Å². The molecule has 4 heteroatoms. The van der Waals surface area contributed by atoms with Gasteiger partial charge in [-0.15, -0.1) is 0 Å². The summed E-state index contributed by atoms with van der Waals surface area (Å²) in [4.78, 5) is 0. The molecular formula is C23H25Cl3Ti. The summed E-state index contributed by atoms with van der Waals surface area (Å²) in [6, 6.07) is 22.1. The van der Waals surface area contributed by atoms with E-state index in [1.807, 2.05) is 0 Å². The Hall–Kier alpha value is -0.496. The predicted molar refractivity (Wildman–Crippen MR) is 98.7 cm³/mol. The minimum absolute atomic E-state index is 0. The Bertz CT molecular complexity index is 737. The van der Waals surface area contributed by atoms with Crippen molar-refractivity contribution in [1.29, 1.82) is 0 Å². The molecule has 0 spiro atoms. The maximum absolute atomic E-state index is 2.40. The zero-order valence-corrected chi connectivity index (χ0v) is 20.0. The van der Waals surface area contributed by atoms with E-state index in [-0.39, 0.29) is 51.8 Å². The second-order valence-corrected chi connectivity index (χ2v) is 8.98. The average molecular weight is 456 g/mol. The van der Waals surface area contributed by atoms with E-state index in [0.717, 1.165) is 0 Å². The molecule has 2 aromatic carbocycles. The number of hydrogen-bond donors (Lipinski definition) is 0. The van der Waals surface area contributed by atoms with E-state index in [4.69, 9.17) is 0 Å². The SMILES string of the molecule is CC1=CC=C[C]1([Ti+3])C(c1ccccc1)(c1ccccc1)C(C)(C)C.[Cl-].[Cl-].[Cl-]. The predicted octanol–water partition coefficient (Wildman–Crippen LogP) is -2.75. The van der Waals surface area contributed by atoms with E-state index in [2.05, 4.69) is 127 Å². The second kappa shape index (κ2) is 9.81. The van der Waals surface area contributed by atoms with Crippen LogP contribution < -0.4 is 37.2 Å². The van der Waals surface area contributed by atoms with E-state index in [9.17, 15) is 0 Å². The fourth-order valence-electron chi connectivity index (χ4n) is 4.48. The van der Waals surface area contributed by atoms with Gasteiger partial charge in [-0.2, -0.15) is 0 Å². The van der Waals surface area contributed by atoms with Crippen molar-refractivity contribution in [3.8, 4) is 0 Å². The van der Waals surface area contributed by atoms with Gasteiger partial charge in [0.25, 0.3) is 0 Å². The van der Waals surface area contributed by atoms with Crippen LogP contribution in [0.25, 0.3) is 0 Å². The summed E-state index contributed by atoms with van der Waals surface area (Å²) in [5.74, 6) is 0. The minimum Gasteiger partial charge on any atom is -1.00 e. The molecule has 27 heavy (non-hydrogen) atoms. The van der Waals surface area contributed by atoms with Crippen molar-refractivity contribution in [1.82, 2.24) is 0 Å². The summed E-state index contributed by atoms with van der Waals surface area (Å²) in [5.41, 5.74) is 4.07. The number of rotatable bonds is 3. The van der Waals surface area contributed by atoms with Crippen LogP contribution in [0, 0.1) is 5.41 Å². The van der Waals surface area contributed by atoms with Crippen molar-refractivity contribution < 1.29 is 57.7 Å². The molecule has 2 aromatic rings. The Morgan fingerprint density at radius 3 is 1.44 bits per heavy atom. The van der Waals surface area contributed by atoms with E-state index in [1.54, 1.807) is 0 Å². The first-order valence-electron chi connectivity index (χ1n) is 8.57. The molecule has 0 nitrogen and oxygen atoms in total. The molecule has 0 heterocycles. The zero-order valence-electron chi connectivity index (χ0n) is 16.1. The molecule has 142 valence electrons. The van der Waals surface area contributed by atoms with Gasteiger partial charge in [0.1, 0.15) is 0 Å². The summed E-state index contributed by atoms with van der Waals surface area (Å²) in [7, 11) is 0. The van der Waals surface area contributed by atoms with Gasteiger partial charge in [-0.3, -0.25) is 0 Å². The fraction of sp³-hybridized carbons (Fsp3) is 0.304. The molecule has 0 amide bonds. The normalized spacial score (nSPS) is 18.7. The van der Waals surface area contributed by atoms with Crippen LogP contribution in [0.5, 0.6) is 0 Å². The number of benzene rings is 2. The van der Waals surface area contributed by atoms with E-state index in [1.165, 1.54) is 16.7 Å². The average Bonchev–Trinajstić information content (AvgIpc) is 2.89. The van der Waals surface area contributed by atoms with Crippen molar-refractivity contribution in [3.05, 3.63) is 95.6 Å². The summed E-state index contributed by atoms with van der Waals surface area (Å²) >= 11 is 2.40. The molecule has 0 N–H and O–H groups in total. The van der Waals surface area contributed by atoms with E-state index >= 15 is 0 Å². The molecular weight excluding hydrogens is 430 g/mol. The van der Waals surface area contributed by atoms with Crippen molar-refractivity contribution in [2.45, 2.75) is 36.8 Å². The van der Waals surface area contributed by atoms with Crippen LogP contribution in [0.1, 0.15) is 38.8 Å². The monoisotopic (exact) mass is 454 g/mol. The Kier molecular flexibility index (Phi) is 9.63. The fourth-order valence-corrected chi connectivity index (χ4v) is 5.79. The molecule has 0 bridgehead atoms.